The highest BCUT2D eigenvalue weighted by molar-refractivity contribution is 6.30. The van der Waals surface area contributed by atoms with Crippen molar-refractivity contribution in [3.05, 3.63) is 70.5 Å². The van der Waals surface area contributed by atoms with Gasteiger partial charge in [-0.1, -0.05) is 41.0 Å². The molecule has 3 rings (SSSR count). The van der Waals surface area contributed by atoms with E-state index in [0.717, 1.165) is 36.3 Å². The Morgan fingerprint density at radius 2 is 1.86 bits per heavy atom. The van der Waals surface area contributed by atoms with Crippen molar-refractivity contribution < 1.29 is 14.5 Å². The molecular weight excluding hydrogens is 303 g/mol. The smallest absolute Gasteiger partial charge is 0.181 e. The van der Waals surface area contributed by atoms with Crippen LogP contribution in [0.5, 0.6) is 0 Å². The molecule has 1 aliphatic heterocycles. The van der Waals surface area contributed by atoms with E-state index in [9.17, 15) is 4.39 Å². The Balaban J connectivity index is 1.46. The summed E-state index contributed by atoms with van der Waals surface area (Å²) in [6.07, 6.45) is 0.868. The molecule has 5 heteroatoms. The average molecular weight is 320 g/mol. The lowest BCUT2D eigenvalue weighted by molar-refractivity contribution is -0.676. The second kappa shape index (κ2) is 6.90. The van der Waals surface area contributed by atoms with Gasteiger partial charge in [-0.3, -0.25) is 0 Å². The quantitative estimate of drug-likeness (QED) is 0.904. The molecule has 1 heterocycles. The third-order valence-electron chi connectivity index (χ3n) is 3.63. The van der Waals surface area contributed by atoms with Gasteiger partial charge in [0.2, 0.25) is 0 Å². The van der Waals surface area contributed by atoms with E-state index in [1.165, 1.54) is 12.1 Å². The van der Waals surface area contributed by atoms with Crippen LogP contribution in [0.15, 0.2) is 53.7 Å². The van der Waals surface area contributed by atoms with Crippen LogP contribution in [-0.2, 0) is 11.4 Å². The summed E-state index contributed by atoms with van der Waals surface area (Å²) in [5.41, 5.74) is 3.10. The number of halogens is 2. The molecule has 0 aromatic heterocycles. The molecule has 1 aliphatic rings. The zero-order valence-electron chi connectivity index (χ0n) is 12.0. The molecule has 0 aliphatic carbocycles. The summed E-state index contributed by atoms with van der Waals surface area (Å²) >= 11 is 5.88. The van der Waals surface area contributed by atoms with Crippen molar-refractivity contribution >= 4 is 17.3 Å². The lowest BCUT2D eigenvalue weighted by atomic mass is 10.1. The Morgan fingerprint density at radius 1 is 1.14 bits per heavy atom. The highest BCUT2D eigenvalue weighted by Gasteiger charge is 2.23. The first kappa shape index (κ1) is 15.0. The van der Waals surface area contributed by atoms with E-state index in [1.54, 1.807) is 12.1 Å². The molecule has 0 amide bonds. The predicted octanol–water partition coefficient (Wildman–Crippen LogP) is 2.74. The van der Waals surface area contributed by atoms with Gasteiger partial charge in [-0.05, 0) is 29.8 Å². The zero-order valence-corrected chi connectivity index (χ0v) is 12.8. The summed E-state index contributed by atoms with van der Waals surface area (Å²) in [6, 6.07) is 14.2. The first-order chi connectivity index (χ1) is 10.7. The molecule has 22 heavy (non-hydrogen) atoms. The third kappa shape index (κ3) is 3.84. The van der Waals surface area contributed by atoms with Crippen LogP contribution in [0.3, 0.4) is 0 Å². The minimum absolute atomic E-state index is 0.0751. The Labute approximate surface area is 133 Å². The first-order valence-corrected chi connectivity index (χ1v) is 7.63. The molecule has 0 saturated carbocycles. The van der Waals surface area contributed by atoms with Gasteiger partial charge in [0.1, 0.15) is 18.9 Å². The summed E-state index contributed by atoms with van der Waals surface area (Å²) in [7, 11) is 0. The van der Waals surface area contributed by atoms with Crippen LogP contribution in [0.4, 0.5) is 4.39 Å². The molecule has 1 atom stereocenters. The molecule has 0 spiro atoms. The van der Waals surface area contributed by atoms with Gasteiger partial charge < -0.3 is 10.2 Å². The maximum absolute atomic E-state index is 12.8. The molecule has 0 unspecified atom stereocenters. The molecule has 2 N–H and O–H groups in total. The Hall–Kier alpha value is -1.91. The van der Waals surface area contributed by atoms with Crippen LogP contribution in [0.2, 0.25) is 5.02 Å². The normalized spacial score (nSPS) is 17.2. The number of hydrogen-bond donors (Lipinski definition) is 1. The van der Waals surface area contributed by atoms with E-state index in [-0.39, 0.29) is 11.9 Å². The summed E-state index contributed by atoms with van der Waals surface area (Å²) in [5, 5.41) is 7.02. The fourth-order valence-corrected chi connectivity index (χ4v) is 2.55. The van der Waals surface area contributed by atoms with Gasteiger partial charge in [0.05, 0.1) is 5.71 Å². The van der Waals surface area contributed by atoms with Crippen molar-refractivity contribution in [2.45, 2.75) is 19.1 Å². The molecule has 3 nitrogen and oxygen atoms in total. The van der Waals surface area contributed by atoms with Gasteiger partial charge in [-0.25, -0.2) is 4.39 Å². The van der Waals surface area contributed by atoms with E-state index in [4.69, 9.17) is 16.4 Å². The lowest BCUT2D eigenvalue weighted by Gasteiger charge is -2.07. The maximum Gasteiger partial charge on any atom is 0.181 e. The Kier molecular flexibility index (Phi) is 4.71. The van der Waals surface area contributed by atoms with Gasteiger partial charge in [0, 0.05) is 17.0 Å². The van der Waals surface area contributed by atoms with Crippen LogP contribution in [0.25, 0.3) is 0 Å². The number of rotatable bonds is 5. The zero-order chi connectivity index (χ0) is 15.4. The molecular formula is C17H17ClFN2O+. The average Bonchev–Trinajstić information content (AvgIpc) is 2.99. The minimum atomic E-state index is -0.205. The topological polar surface area (TPSA) is 38.2 Å². The van der Waals surface area contributed by atoms with E-state index in [1.807, 2.05) is 24.3 Å². The molecule has 0 radical (unpaired) electrons. The fourth-order valence-electron chi connectivity index (χ4n) is 2.42. The molecule has 0 saturated heterocycles. The molecule has 114 valence electrons. The van der Waals surface area contributed by atoms with Crippen LogP contribution >= 0.6 is 11.6 Å². The predicted molar refractivity (Wildman–Crippen MR) is 84.4 cm³/mol. The maximum atomic E-state index is 12.8. The van der Waals surface area contributed by atoms with Crippen molar-refractivity contribution in [2.75, 3.05) is 6.54 Å². The van der Waals surface area contributed by atoms with Gasteiger partial charge in [-0.15, -0.1) is 0 Å². The Morgan fingerprint density at radius 3 is 2.59 bits per heavy atom. The minimum Gasteiger partial charge on any atom is -0.386 e. The van der Waals surface area contributed by atoms with Crippen LogP contribution < -0.4 is 5.32 Å². The van der Waals surface area contributed by atoms with Crippen LogP contribution in [0.1, 0.15) is 17.5 Å². The molecule has 2 aromatic rings. The highest BCUT2D eigenvalue weighted by atomic mass is 35.5. The van der Waals surface area contributed by atoms with Crippen LogP contribution in [-0.4, -0.2) is 18.4 Å². The standard InChI is InChI=1S/C17H16ClFN2O/c18-14-5-3-13(4-6-14)17-9-16(22-21-17)11-20-10-12-1-7-15(19)8-2-12/h1-8,16,20H,9-11H2/p+1/t16-/m0/s1. The summed E-state index contributed by atoms with van der Waals surface area (Å²) in [6.45, 7) is 1.62. The van der Waals surface area contributed by atoms with Crippen molar-refractivity contribution in [1.29, 1.82) is 0 Å². The van der Waals surface area contributed by atoms with Gasteiger partial charge in [0.15, 0.2) is 6.10 Å². The number of nitrogens with two attached hydrogens (primary N) is 1. The second-order valence-electron chi connectivity index (χ2n) is 5.33. The lowest BCUT2D eigenvalue weighted by Crippen LogP contribution is -2.84. The van der Waals surface area contributed by atoms with E-state index in [0.29, 0.717) is 5.02 Å². The number of quaternary nitrogens is 1. The van der Waals surface area contributed by atoms with Gasteiger partial charge >= 0.3 is 0 Å². The van der Waals surface area contributed by atoms with Gasteiger partial charge in [-0.2, -0.15) is 0 Å². The summed E-state index contributed by atoms with van der Waals surface area (Å²) in [5.74, 6) is -0.205. The SMILES string of the molecule is Fc1ccc(C[NH2+]C[C@@H]2CC(c3ccc(Cl)cc3)=NO2)cc1. The number of oxime groups is 1. The molecule has 0 fully saturated rings. The molecule has 2 aromatic carbocycles. The van der Waals surface area contributed by atoms with Gasteiger partial charge in [0.25, 0.3) is 0 Å². The van der Waals surface area contributed by atoms with E-state index in [2.05, 4.69) is 10.5 Å². The van der Waals surface area contributed by atoms with Crippen molar-refractivity contribution in [3.63, 3.8) is 0 Å². The number of hydrogen-bond acceptors (Lipinski definition) is 2. The second-order valence-corrected chi connectivity index (χ2v) is 5.77. The first-order valence-electron chi connectivity index (χ1n) is 7.25. The van der Waals surface area contributed by atoms with Crippen LogP contribution in [0, 0.1) is 5.82 Å². The van der Waals surface area contributed by atoms with Crippen molar-refractivity contribution in [2.24, 2.45) is 5.16 Å². The summed E-state index contributed by atoms with van der Waals surface area (Å²) < 4.78 is 12.8. The number of benzene rings is 2. The third-order valence-corrected chi connectivity index (χ3v) is 3.89. The Bertz CT molecular complexity index is 655. The fraction of sp³-hybridized carbons (Fsp3) is 0.235. The highest BCUT2D eigenvalue weighted by Crippen LogP contribution is 2.17. The van der Waals surface area contributed by atoms with Crippen molar-refractivity contribution in [1.82, 2.24) is 0 Å². The monoisotopic (exact) mass is 319 g/mol. The van der Waals surface area contributed by atoms with E-state index >= 15 is 0 Å². The summed E-state index contributed by atoms with van der Waals surface area (Å²) in [4.78, 5) is 5.47. The largest absolute Gasteiger partial charge is 0.386 e. The molecule has 0 bridgehead atoms. The van der Waals surface area contributed by atoms with Crippen molar-refractivity contribution in [3.8, 4) is 0 Å². The van der Waals surface area contributed by atoms with E-state index < -0.39 is 0 Å². The number of nitrogens with zero attached hydrogens (tertiary/aromatic N) is 1.